The van der Waals surface area contributed by atoms with Crippen LogP contribution in [0.1, 0.15) is 54.0 Å². The average Bonchev–Trinajstić information content (AvgIpc) is 2.66. The Morgan fingerprint density at radius 1 is 0.889 bits per heavy atom. The van der Waals surface area contributed by atoms with Crippen LogP contribution in [0.4, 0.5) is 0 Å². The summed E-state index contributed by atoms with van der Waals surface area (Å²) < 4.78 is 5.36. The van der Waals surface area contributed by atoms with Gasteiger partial charge in [-0.2, -0.15) is 0 Å². The van der Waals surface area contributed by atoms with Crippen molar-refractivity contribution in [3.8, 4) is 0 Å². The average molecular weight is 362 g/mol. The minimum Gasteiger partial charge on any atom is -0.451 e. The Morgan fingerprint density at radius 3 is 2.11 bits per heavy atom. The number of carbonyl (C=O) groups excluding carboxylic acids is 2. The van der Waals surface area contributed by atoms with Crippen LogP contribution in [0.15, 0.2) is 54.9 Å². The topological polar surface area (TPSA) is 69.2 Å². The van der Waals surface area contributed by atoms with Crippen molar-refractivity contribution in [1.82, 2.24) is 9.97 Å². The smallest absolute Gasteiger partial charge is 0.338 e. The van der Waals surface area contributed by atoms with Gasteiger partial charge in [-0.05, 0) is 36.1 Å². The fourth-order valence-corrected chi connectivity index (χ4v) is 2.74. The van der Waals surface area contributed by atoms with E-state index in [1.54, 1.807) is 49.6 Å². The van der Waals surface area contributed by atoms with Gasteiger partial charge in [0.1, 0.15) is 0 Å². The van der Waals surface area contributed by atoms with Gasteiger partial charge in [0.05, 0.1) is 16.6 Å². The molecule has 0 N–H and O–H groups in total. The number of nitrogens with zero attached hydrogens (tertiary/aromatic N) is 2. The van der Waals surface area contributed by atoms with E-state index >= 15 is 0 Å². The lowest BCUT2D eigenvalue weighted by molar-refractivity contribution is 0.0319. The number of hydrogen-bond acceptors (Lipinski definition) is 5. The molecule has 1 atom stereocenters. The first-order valence-corrected chi connectivity index (χ1v) is 8.82. The van der Waals surface area contributed by atoms with Gasteiger partial charge < -0.3 is 4.74 Å². The van der Waals surface area contributed by atoms with Gasteiger partial charge >= 0.3 is 5.97 Å². The minimum absolute atomic E-state index is 0.0125. The predicted octanol–water partition coefficient (Wildman–Crippen LogP) is 4.36. The molecular formula is C22H22N2O3. The number of fused-ring (bicyclic) bond motifs is 1. The number of benzene rings is 2. The molecule has 3 aromatic rings. The number of ether oxygens (including phenoxy) is 1. The summed E-state index contributed by atoms with van der Waals surface area (Å²) >= 11 is 0. The van der Waals surface area contributed by atoms with Crippen LogP contribution in [-0.4, -0.2) is 27.8 Å². The lowest BCUT2D eigenvalue weighted by Gasteiger charge is -2.19. The van der Waals surface area contributed by atoms with Gasteiger partial charge in [0.2, 0.25) is 5.78 Å². The van der Waals surface area contributed by atoms with Crippen molar-refractivity contribution < 1.29 is 14.3 Å². The summed E-state index contributed by atoms with van der Waals surface area (Å²) in [5.74, 6) is -0.792. The van der Waals surface area contributed by atoms with Gasteiger partial charge in [0.25, 0.3) is 0 Å². The maximum atomic E-state index is 12.6. The zero-order chi connectivity index (χ0) is 19.6. The van der Waals surface area contributed by atoms with Crippen LogP contribution in [0.3, 0.4) is 0 Å². The van der Waals surface area contributed by atoms with Gasteiger partial charge in [0.15, 0.2) is 6.10 Å². The van der Waals surface area contributed by atoms with Gasteiger partial charge in [-0.1, -0.05) is 45.0 Å². The minimum atomic E-state index is -0.879. The van der Waals surface area contributed by atoms with Crippen molar-refractivity contribution in [3.63, 3.8) is 0 Å². The number of ketones is 1. The van der Waals surface area contributed by atoms with Crippen LogP contribution in [0.2, 0.25) is 0 Å². The van der Waals surface area contributed by atoms with E-state index in [-0.39, 0.29) is 11.2 Å². The maximum absolute atomic E-state index is 12.6. The number of esters is 1. The first kappa shape index (κ1) is 18.7. The van der Waals surface area contributed by atoms with Crippen LogP contribution < -0.4 is 0 Å². The van der Waals surface area contributed by atoms with E-state index in [1.165, 1.54) is 0 Å². The number of Topliss-reactive ketones (excluding diaryl/α,β-unsaturated/α-hetero) is 1. The lowest BCUT2D eigenvalue weighted by Crippen LogP contribution is -2.24. The first-order valence-electron chi connectivity index (χ1n) is 8.82. The predicted molar refractivity (Wildman–Crippen MR) is 104 cm³/mol. The highest BCUT2D eigenvalue weighted by atomic mass is 16.5. The molecule has 0 spiro atoms. The summed E-state index contributed by atoms with van der Waals surface area (Å²) in [6, 6.07) is 12.4. The third kappa shape index (κ3) is 4.19. The molecule has 3 rings (SSSR count). The molecule has 0 aliphatic rings. The standard InChI is InChI=1S/C22H22N2O3/c1-14(20(25)15-5-8-17(9-6-15)22(2,3)4)27-21(26)16-7-10-18-19(13-16)24-12-11-23-18/h5-14H,1-4H3/t14-/m1/s1. The molecule has 0 fully saturated rings. The Balaban J connectivity index is 1.72. The molecule has 0 aliphatic heterocycles. The normalized spacial score (nSPS) is 12.6. The van der Waals surface area contributed by atoms with Crippen molar-refractivity contribution in [1.29, 1.82) is 0 Å². The highest BCUT2D eigenvalue weighted by Gasteiger charge is 2.21. The Hall–Kier alpha value is -3.08. The summed E-state index contributed by atoms with van der Waals surface area (Å²) in [6.07, 6.45) is 2.27. The van der Waals surface area contributed by atoms with Crippen molar-refractivity contribution in [2.75, 3.05) is 0 Å². The van der Waals surface area contributed by atoms with Crippen LogP contribution in [0.25, 0.3) is 11.0 Å². The lowest BCUT2D eigenvalue weighted by atomic mass is 9.86. The molecule has 27 heavy (non-hydrogen) atoms. The largest absolute Gasteiger partial charge is 0.451 e. The Kier molecular flexibility index (Phi) is 5.04. The third-order valence-electron chi connectivity index (χ3n) is 4.39. The van der Waals surface area contributed by atoms with E-state index in [1.807, 2.05) is 12.1 Å². The summed E-state index contributed by atoms with van der Waals surface area (Å²) in [4.78, 5) is 33.3. The van der Waals surface area contributed by atoms with Crippen molar-refractivity contribution in [2.24, 2.45) is 0 Å². The van der Waals surface area contributed by atoms with Crippen LogP contribution in [-0.2, 0) is 10.2 Å². The van der Waals surface area contributed by atoms with Crippen LogP contribution >= 0.6 is 0 Å². The molecule has 0 saturated heterocycles. The second-order valence-electron chi connectivity index (χ2n) is 7.50. The van der Waals surface area contributed by atoms with E-state index in [9.17, 15) is 9.59 Å². The maximum Gasteiger partial charge on any atom is 0.338 e. The van der Waals surface area contributed by atoms with Crippen LogP contribution in [0.5, 0.6) is 0 Å². The molecule has 0 unspecified atom stereocenters. The fraction of sp³-hybridized carbons (Fsp3) is 0.273. The highest BCUT2D eigenvalue weighted by Crippen LogP contribution is 2.23. The molecule has 0 aliphatic carbocycles. The molecule has 0 bridgehead atoms. The van der Waals surface area contributed by atoms with Gasteiger partial charge in [-0.3, -0.25) is 14.8 Å². The molecule has 5 nitrogen and oxygen atoms in total. The first-order chi connectivity index (χ1) is 12.8. The van der Waals surface area contributed by atoms with E-state index in [2.05, 4.69) is 30.7 Å². The third-order valence-corrected chi connectivity index (χ3v) is 4.39. The van der Waals surface area contributed by atoms with Crippen molar-refractivity contribution in [3.05, 3.63) is 71.5 Å². The molecule has 1 aromatic heterocycles. The number of aromatic nitrogens is 2. The van der Waals surface area contributed by atoms with E-state index in [4.69, 9.17) is 4.74 Å². The summed E-state index contributed by atoms with van der Waals surface area (Å²) in [5, 5.41) is 0. The van der Waals surface area contributed by atoms with Gasteiger partial charge in [0, 0.05) is 18.0 Å². The summed E-state index contributed by atoms with van der Waals surface area (Å²) in [5.41, 5.74) is 3.30. The Labute approximate surface area is 158 Å². The number of rotatable bonds is 4. The molecule has 1 heterocycles. The monoisotopic (exact) mass is 362 g/mol. The second kappa shape index (κ2) is 7.27. The van der Waals surface area contributed by atoms with E-state index in [0.29, 0.717) is 22.2 Å². The molecule has 0 saturated carbocycles. The van der Waals surface area contributed by atoms with Crippen molar-refractivity contribution in [2.45, 2.75) is 39.2 Å². The Bertz CT molecular complexity index is 988. The molecular weight excluding hydrogens is 340 g/mol. The molecule has 2 aromatic carbocycles. The van der Waals surface area contributed by atoms with Crippen LogP contribution in [0, 0.1) is 0 Å². The quantitative estimate of drug-likeness (QED) is 0.510. The highest BCUT2D eigenvalue weighted by molar-refractivity contribution is 6.01. The summed E-state index contributed by atoms with van der Waals surface area (Å²) in [7, 11) is 0. The molecule has 0 amide bonds. The Morgan fingerprint density at radius 2 is 1.48 bits per heavy atom. The van der Waals surface area contributed by atoms with E-state index in [0.717, 1.165) is 5.56 Å². The second-order valence-corrected chi connectivity index (χ2v) is 7.50. The SMILES string of the molecule is C[C@@H](OC(=O)c1ccc2nccnc2c1)C(=O)c1ccc(C(C)(C)C)cc1. The molecule has 5 heteroatoms. The number of carbonyl (C=O) groups is 2. The zero-order valence-electron chi connectivity index (χ0n) is 15.9. The van der Waals surface area contributed by atoms with Gasteiger partial charge in [-0.25, -0.2) is 4.79 Å². The van der Waals surface area contributed by atoms with Gasteiger partial charge in [-0.15, -0.1) is 0 Å². The number of hydrogen-bond donors (Lipinski definition) is 0. The summed E-state index contributed by atoms with van der Waals surface area (Å²) in [6.45, 7) is 7.92. The molecule has 0 radical (unpaired) electrons. The van der Waals surface area contributed by atoms with Crippen molar-refractivity contribution >= 4 is 22.8 Å². The van der Waals surface area contributed by atoms with E-state index < -0.39 is 12.1 Å². The zero-order valence-corrected chi connectivity index (χ0v) is 15.9. The fourth-order valence-electron chi connectivity index (χ4n) is 2.74. The molecule has 138 valence electrons.